The Morgan fingerprint density at radius 1 is 1.47 bits per heavy atom. The monoisotopic (exact) mass is 208 g/mol. The van der Waals surface area contributed by atoms with E-state index >= 15 is 0 Å². The summed E-state index contributed by atoms with van der Waals surface area (Å²) in [5.74, 6) is 0. The lowest BCUT2D eigenvalue weighted by Crippen LogP contribution is -2.36. The molecule has 0 spiro atoms. The van der Waals surface area contributed by atoms with E-state index in [0.29, 0.717) is 0 Å². The highest BCUT2D eigenvalue weighted by atomic mass is 15.4. The highest BCUT2D eigenvalue weighted by Crippen LogP contribution is 2.00. The van der Waals surface area contributed by atoms with Crippen molar-refractivity contribution < 1.29 is 0 Å². The molecule has 1 heterocycles. The number of hydrogen-bond acceptors (Lipinski definition) is 3. The Balaban J connectivity index is 2.27. The van der Waals surface area contributed by atoms with Crippen LogP contribution < -0.4 is 5.32 Å². The van der Waals surface area contributed by atoms with Gasteiger partial charge in [0.1, 0.15) is 0 Å². The van der Waals surface area contributed by atoms with E-state index < -0.39 is 0 Å². The first kappa shape index (κ1) is 11.9. The van der Waals surface area contributed by atoms with Crippen LogP contribution in [0.5, 0.6) is 0 Å². The van der Waals surface area contributed by atoms with Crippen molar-refractivity contribution in [1.82, 2.24) is 20.3 Å². The van der Waals surface area contributed by atoms with Crippen LogP contribution in [-0.2, 0) is 7.05 Å². The number of aryl methyl sites for hydroxylation is 1. The van der Waals surface area contributed by atoms with Gasteiger partial charge in [0.15, 0.2) is 0 Å². The van der Waals surface area contributed by atoms with Crippen molar-refractivity contribution in [2.45, 2.75) is 32.7 Å². The molecule has 0 aliphatic rings. The molecule has 84 valence electrons. The Morgan fingerprint density at radius 3 is 2.73 bits per heavy atom. The maximum absolute atomic E-state index is 3.85. The smallest absolute Gasteiger partial charge is 0.0806 e. The summed E-state index contributed by atoms with van der Waals surface area (Å²) in [5.41, 5.74) is 1.23. The van der Waals surface area contributed by atoms with E-state index in [2.05, 4.69) is 42.5 Å². The molecule has 0 aliphatic heterocycles. The Morgan fingerprint density at radius 2 is 2.20 bits per heavy atom. The van der Waals surface area contributed by atoms with E-state index in [9.17, 15) is 0 Å². The van der Waals surface area contributed by atoms with Crippen LogP contribution in [0.3, 0.4) is 0 Å². The minimum absolute atomic E-state index is 0.196. The maximum atomic E-state index is 3.85. The van der Waals surface area contributed by atoms with Crippen LogP contribution in [0.1, 0.15) is 32.9 Å². The van der Waals surface area contributed by atoms with Crippen LogP contribution in [0.25, 0.3) is 6.08 Å². The van der Waals surface area contributed by atoms with E-state index in [-0.39, 0.29) is 5.54 Å². The van der Waals surface area contributed by atoms with E-state index in [0.717, 1.165) is 18.7 Å². The largest absolute Gasteiger partial charge is 0.312 e. The molecule has 0 aromatic carbocycles. The van der Waals surface area contributed by atoms with Gasteiger partial charge in [0.2, 0.25) is 0 Å². The third kappa shape index (κ3) is 4.74. The lowest BCUT2D eigenvalue weighted by atomic mass is 10.1. The summed E-state index contributed by atoms with van der Waals surface area (Å²) in [7, 11) is 1.89. The van der Waals surface area contributed by atoms with Crippen LogP contribution in [0.4, 0.5) is 0 Å². The van der Waals surface area contributed by atoms with Gasteiger partial charge in [-0.15, -0.1) is 5.10 Å². The first-order valence-corrected chi connectivity index (χ1v) is 5.25. The molecule has 0 radical (unpaired) electrons. The third-order valence-electron chi connectivity index (χ3n) is 2.00. The average molecular weight is 208 g/mol. The predicted molar refractivity (Wildman–Crippen MR) is 62.4 cm³/mol. The normalized spacial score (nSPS) is 12.5. The fourth-order valence-corrected chi connectivity index (χ4v) is 1.18. The molecule has 0 saturated heterocycles. The Kier molecular flexibility index (Phi) is 4.03. The van der Waals surface area contributed by atoms with Gasteiger partial charge in [-0.1, -0.05) is 11.3 Å². The van der Waals surface area contributed by atoms with Crippen molar-refractivity contribution in [2.75, 3.05) is 6.54 Å². The molecular formula is C11H20N4. The van der Waals surface area contributed by atoms with Crippen molar-refractivity contribution in [3.8, 4) is 0 Å². The molecular weight excluding hydrogens is 188 g/mol. The second kappa shape index (κ2) is 5.07. The topological polar surface area (TPSA) is 42.7 Å². The van der Waals surface area contributed by atoms with E-state index in [1.165, 1.54) is 0 Å². The van der Waals surface area contributed by atoms with Gasteiger partial charge in [-0.2, -0.15) is 0 Å². The van der Waals surface area contributed by atoms with E-state index in [4.69, 9.17) is 0 Å². The van der Waals surface area contributed by atoms with Gasteiger partial charge in [-0.05, 0) is 39.8 Å². The fraction of sp³-hybridized carbons (Fsp3) is 0.636. The summed E-state index contributed by atoms with van der Waals surface area (Å²) in [4.78, 5) is 0. The molecule has 1 aromatic rings. The zero-order valence-corrected chi connectivity index (χ0v) is 9.99. The Hall–Kier alpha value is -1.16. The van der Waals surface area contributed by atoms with Crippen molar-refractivity contribution in [1.29, 1.82) is 0 Å². The summed E-state index contributed by atoms with van der Waals surface area (Å²) in [5, 5.41) is 11.1. The summed E-state index contributed by atoms with van der Waals surface area (Å²) >= 11 is 0. The van der Waals surface area contributed by atoms with Crippen molar-refractivity contribution in [3.63, 3.8) is 0 Å². The number of rotatable bonds is 4. The predicted octanol–water partition coefficient (Wildman–Crippen LogP) is 1.61. The van der Waals surface area contributed by atoms with Gasteiger partial charge in [-0.25, -0.2) is 4.68 Å². The lowest BCUT2D eigenvalue weighted by Gasteiger charge is -2.19. The SMILES string of the molecule is Cn1nncc1/C=C/CCNC(C)(C)C. The molecule has 0 saturated carbocycles. The van der Waals surface area contributed by atoms with Crippen LogP contribution >= 0.6 is 0 Å². The molecule has 0 atom stereocenters. The minimum atomic E-state index is 0.196. The lowest BCUT2D eigenvalue weighted by molar-refractivity contribution is 0.431. The van der Waals surface area contributed by atoms with Crippen molar-refractivity contribution >= 4 is 6.08 Å². The minimum Gasteiger partial charge on any atom is -0.312 e. The summed E-state index contributed by atoms with van der Waals surface area (Å²) in [6.07, 6.45) is 6.96. The maximum Gasteiger partial charge on any atom is 0.0806 e. The number of hydrogen-bond donors (Lipinski definition) is 1. The third-order valence-corrected chi connectivity index (χ3v) is 2.00. The first-order chi connectivity index (χ1) is 6.99. The van der Waals surface area contributed by atoms with E-state index in [1.54, 1.807) is 10.9 Å². The number of aromatic nitrogens is 3. The van der Waals surface area contributed by atoms with Gasteiger partial charge in [0.05, 0.1) is 11.9 Å². The molecule has 15 heavy (non-hydrogen) atoms. The molecule has 0 unspecified atom stereocenters. The highest BCUT2D eigenvalue weighted by Gasteiger charge is 2.06. The summed E-state index contributed by atoms with van der Waals surface area (Å²) < 4.78 is 1.76. The van der Waals surface area contributed by atoms with Crippen molar-refractivity contribution in [3.05, 3.63) is 18.0 Å². The quantitative estimate of drug-likeness (QED) is 0.764. The van der Waals surface area contributed by atoms with Crippen molar-refractivity contribution in [2.24, 2.45) is 7.05 Å². The average Bonchev–Trinajstić information content (AvgIpc) is 2.49. The standard InChI is InChI=1S/C11H20N4/c1-11(2,3)12-8-6-5-7-10-9-13-14-15(10)4/h5,7,9,12H,6,8H2,1-4H3/b7-5+. The second-order valence-corrected chi connectivity index (χ2v) is 4.65. The molecule has 4 heteroatoms. The second-order valence-electron chi connectivity index (χ2n) is 4.65. The number of nitrogens with one attached hydrogen (secondary N) is 1. The molecule has 1 aromatic heterocycles. The van der Waals surface area contributed by atoms with Crippen LogP contribution in [0, 0.1) is 0 Å². The molecule has 1 N–H and O–H groups in total. The summed E-state index contributed by atoms with van der Waals surface area (Å²) in [6, 6.07) is 0. The highest BCUT2D eigenvalue weighted by molar-refractivity contribution is 5.42. The molecule has 4 nitrogen and oxygen atoms in total. The van der Waals surface area contributed by atoms with Crippen LogP contribution in [0.2, 0.25) is 0 Å². The Labute approximate surface area is 91.4 Å². The molecule has 0 bridgehead atoms. The summed E-state index contributed by atoms with van der Waals surface area (Å²) in [6.45, 7) is 7.50. The number of nitrogens with zero attached hydrogens (tertiary/aromatic N) is 3. The zero-order valence-electron chi connectivity index (χ0n) is 9.99. The van der Waals surface area contributed by atoms with Gasteiger partial charge in [0, 0.05) is 12.6 Å². The van der Waals surface area contributed by atoms with Gasteiger partial charge in [-0.3, -0.25) is 0 Å². The van der Waals surface area contributed by atoms with Crippen LogP contribution in [0.15, 0.2) is 12.3 Å². The van der Waals surface area contributed by atoms with Gasteiger partial charge >= 0.3 is 0 Å². The fourth-order valence-electron chi connectivity index (χ4n) is 1.18. The molecule has 0 amide bonds. The molecule has 0 fully saturated rings. The van der Waals surface area contributed by atoms with Gasteiger partial charge in [0.25, 0.3) is 0 Å². The van der Waals surface area contributed by atoms with Crippen LogP contribution in [-0.4, -0.2) is 27.1 Å². The van der Waals surface area contributed by atoms with E-state index in [1.807, 2.05) is 13.1 Å². The molecule has 0 aliphatic carbocycles. The molecule has 1 rings (SSSR count). The van der Waals surface area contributed by atoms with Gasteiger partial charge < -0.3 is 5.32 Å². The first-order valence-electron chi connectivity index (χ1n) is 5.25. The zero-order chi connectivity index (χ0) is 11.3. The Bertz CT molecular complexity index is 320.